The van der Waals surface area contributed by atoms with Gasteiger partial charge in [0.05, 0.1) is 6.07 Å². The highest BCUT2D eigenvalue weighted by molar-refractivity contribution is 5.60. The van der Waals surface area contributed by atoms with Gasteiger partial charge in [-0.25, -0.2) is 0 Å². The zero-order chi connectivity index (χ0) is 13.1. The Hall–Kier alpha value is -1.49. The summed E-state index contributed by atoms with van der Waals surface area (Å²) in [5.41, 5.74) is 4.20. The van der Waals surface area contributed by atoms with Gasteiger partial charge < -0.3 is 4.90 Å². The molecule has 0 saturated carbocycles. The molecule has 0 unspecified atom stereocenters. The normalized spacial score (nSPS) is 16.9. The summed E-state index contributed by atoms with van der Waals surface area (Å²) < 4.78 is 0. The number of hydrogen-bond acceptors (Lipinski definition) is 2. The zero-order valence-electron chi connectivity index (χ0n) is 11.6. The fraction of sp³-hybridized carbons (Fsp3) is 0.562. The van der Waals surface area contributed by atoms with E-state index in [4.69, 9.17) is 5.26 Å². The van der Waals surface area contributed by atoms with Gasteiger partial charge in [0.1, 0.15) is 0 Å². The molecule has 1 fully saturated rings. The molecule has 18 heavy (non-hydrogen) atoms. The number of nitrogens with zero attached hydrogens (tertiary/aromatic N) is 2. The van der Waals surface area contributed by atoms with Gasteiger partial charge in [0.15, 0.2) is 0 Å². The molecular formula is C16H22N2. The van der Waals surface area contributed by atoms with Crippen molar-refractivity contribution in [3.05, 3.63) is 29.3 Å². The van der Waals surface area contributed by atoms with Gasteiger partial charge in [0, 0.05) is 24.7 Å². The van der Waals surface area contributed by atoms with Crippen molar-refractivity contribution in [2.75, 3.05) is 18.0 Å². The maximum atomic E-state index is 8.98. The summed E-state index contributed by atoms with van der Waals surface area (Å²) >= 11 is 0. The Kier molecular flexibility index (Phi) is 3.91. The van der Waals surface area contributed by atoms with E-state index in [0.717, 1.165) is 25.9 Å². The van der Waals surface area contributed by atoms with Crippen molar-refractivity contribution in [3.8, 4) is 6.07 Å². The van der Waals surface area contributed by atoms with Crippen molar-refractivity contribution in [1.29, 1.82) is 5.26 Å². The SMILES string of the molecule is Cc1cccc(C(C)C)c1N1CCC(C#N)CC1. The van der Waals surface area contributed by atoms with E-state index in [1.54, 1.807) is 0 Å². The second-order valence-corrected chi connectivity index (χ2v) is 5.56. The predicted octanol–water partition coefficient (Wildman–Crippen LogP) is 3.86. The van der Waals surface area contributed by atoms with E-state index in [9.17, 15) is 0 Å². The van der Waals surface area contributed by atoms with Crippen molar-refractivity contribution >= 4 is 5.69 Å². The van der Waals surface area contributed by atoms with E-state index in [1.165, 1.54) is 16.8 Å². The Morgan fingerprint density at radius 2 is 1.94 bits per heavy atom. The molecule has 2 heteroatoms. The monoisotopic (exact) mass is 242 g/mol. The van der Waals surface area contributed by atoms with Crippen molar-refractivity contribution in [2.24, 2.45) is 5.92 Å². The summed E-state index contributed by atoms with van der Waals surface area (Å²) in [4.78, 5) is 2.47. The molecule has 0 amide bonds. The zero-order valence-corrected chi connectivity index (χ0v) is 11.6. The molecule has 1 aliphatic heterocycles. The van der Waals surface area contributed by atoms with Gasteiger partial charge in [0.25, 0.3) is 0 Å². The third-order valence-corrected chi connectivity index (χ3v) is 3.88. The first-order chi connectivity index (χ1) is 8.63. The minimum atomic E-state index is 0.257. The summed E-state index contributed by atoms with van der Waals surface area (Å²) in [6, 6.07) is 8.98. The lowest BCUT2D eigenvalue weighted by atomic mass is 9.93. The Balaban J connectivity index is 2.26. The van der Waals surface area contributed by atoms with Crippen molar-refractivity contribution in [1.82, 2.24) is 0 Å². The molecule has 1 heterocycles. The molecular weight excluding hydrogens is 220 g/mol. The van der Waals surface area contributed by atoms with Crippen LogP contribution in [-0.4, -0.2) is 13.1 Å². The molecule has 1 saturated heterocycles. The molecule has 0 atom stereocenters. The molecule has 1 aromatic carbocycles. The Morgan fingerprint density at radius 3 is 2.50 bits per heavy atom. The van der Waals surface area contributed by atoms with Crippen molar-refractivity contribution < 1.29 is 0 Å². The standard InChI is InChI=1S/C16H22N2/c1-12(2)15-6-4-5-13(3)16(15)18-9-7-14(11-17)8-10-18/h4-6,12,14H,7-10H2,1-3H3. The van der Waals surface area contributed by atoms with Crippen LogP contribution in [0.3, 0.4) is 0 Å². The lowest BCUT2D eigenvalue weighted by molar-refractivity contribution is 0.486. The minimum absolute atomic E-state index is 0.257. The predicted molar refractivity (Wildman–Crippen MR) is 75.8 cm³/mol. The highest BCUT2D eigenvalue weighted by Crippen LogP contribution is 2.33. The molecule has 2 rings (SSSR count). The van der Waals surface area contributed by atoms with Crippen LogP contribution in [0.5, 0.6) is 0 Å². The fourth-order valence-electron chi connectivity index (χ4n) is 2.81. The van der Waals surface area contributed by atoms with E-state index >= 15 is 0 Å². The summed E-state index contributed by atoms with van der Waals surface area (Å²) in [7, 11) is 0. The third kappa shape index (κ3) is 2.51. The molecule has 0 bridgehead atoms. The van der Waals surface area contributed by atoms with Gasteiger partial charge in [-0.15, -0.1) is 0 Å². The summed E-state index contributed by atoms with van der Waals surface area (Å²) in [6.07, 6.45) is 2.00. The first kappa shape index (κ1) is 13.0. The second kappa shape index (κ2) is 5.44. The molecule has 0 radical (unpaired) electrons. The van der Waals surface area contributed by atoms with Gasteiger partial charge in [-0.1, -0.05) is 32.0 Å². The first-order valence-electron chi connectivity index (χ1n) is 6.87. The quantitative estimate of drug-likeness (QED) is 0.787. The highest BCUT2D eigenvalue weighted by atomic mass is 15.1. The van der Waals surface area contributed by atoms with Crippen LogP contribution in [0, 0.1) is 24.2 Å². The van der Waals surface area contributed by atoms with Crippen LogP contribution in [-0.2, 0) is 0 Å². The average Bonchev–Trinajstić information content (AvgIpc) is 2.38. The van der Waals surface area contributed by atoms with E-state index in [2.05, 4.69) is 49.9 Å². The summed E-state index contributed by atoms with van der Waals surface area (Å²) in [5.74, 6) is 0.807. The average molecular weight is 242 g/mol. The summed E-state index contributed by atoms with van der Waals surface area (Å²) in [5, 5.41) is 8.98. The van der Waals surface area contributed by atoms with Crippen LogP contribution in [0.1, 0.15) is 43.7 Å². The topological polar surface area (TPSA) is 27.0 Å². The molecule has 96 valence electrons. The van der Waals surface area contributed by atoms with E-state index in [-0.39, 0.29) is 5.92 Å². The van der Waals surface area contributed by atoms with Crippen LogP contribution >= 0.6 is 0 Å². The van der Waals surface area contributed by atoms with Gasteiger partial charge in [-0.05, 0) is 36.8 Å². The van der Waals surface area contributed by atoms with Crippen molar-refractivity contribution in [3.63, 3.8) is 0 Å². The number of piperidine rings is 1. The van der Waals surface area contributed by atoms with Crippen LogP contribution in [0.2, 0.25) is 0 Å². The molecule has 1 aromatic rings. The van der Waals surface area contributed by atoms with Crippen LogP contribution in [0.4, 0.5) is 5.69 Å². The fourth-order valence-corrected chi connectivity index (χ4v) is 2.81. The second-order valence-electron chi connectivity index (χ2n) is 5.56. The minimum Gasteiger partial charge on any atom is -0.371 e. The number of hydrogen-bond donors (Lipinski definition) is 0. The largest absolute Gasteiger partial charge is 0.371 e. The molecule has 1 aliphatic rings. The molecule has 0 aliphatic carbocycles. The van der Waals surface area contributed by atoms with Gasteiger partial charge in [-0.3, -0.25) is 0 Å². The lowest BCUT2D eigenvalue weighted by Crippen LogP contribution is -2.34. The smallest absolute Gasteiger partial charge is 0.0657 e. The van der Waals surface area contributed by atoms with Crippen molar-refractivity contribution in [2.45, 2.75) is 39.5 Å². The highest BCUT2D eigenvalue weighted by Gasteiger charge is 2.22. The first-order valence-corrected chi connectivity index (χ1v) is 6.87. The maximum Gasteiger partial charge on any atom is 0.0657 e. The van der Waals surface area contributed by atoms with Gasteiger partial charge >= 0.3 is 0 Å². The lowest BCUT2D eigenvalue weighted by Gasteiger charge is -2.34. The van der Waals surface area contributed by atoms with E-state index < -0.39 is 0 Å². The van der Waals surface area contributed by atoms with Crippen LogP contribution < -0.4 is 4.90 Å². The number of aryl methyl sites for hydroxylation is 1. The van der Waals surface area contributed by atoms with Crippen LogP contribution in [0.25, 0.3) is 0 Å². The molecule has 0 aromatic heterocycles. The maximum absolute atomic E-state index is 8.98. The van der Waals surface area contributed by atoms with E-state index in [0.29, 0.717) is 5.92 Å². The van der Waals surface area contributed by atoms with Crippen LogP contribution in [0.15, 0.2) is 18.2 Å². The third-order valence-electron chi connectivity index (χ3n) is 3.88. The molecule has 0 spiro atoms. The number of benzene rings is 1. The van der Waals surface area contributed by atoms with Gasteiger partial charge in [-0.2, -0.15) is 5.26 Å². The van der Waals surface area contributed by atoms with Gasteiger partial charge in [0.2, 0.25) is 0 Å². The van der Waals surface area contributed by atoms with E-state index in [1.807, 2.05) is 0 Å². The molecule has 0 N–H and O–H groups in total. The molecule has 2 nitrogen and oxygen atoms in total. The number of nitriles is 1. The number of para-hydroxylation sites is 1. The number of anilines is 1. The Bertz CT molecular complexity index is 449. The Labute approximate surface area is 110 Å². The number of rotatable bonds is 2. The Morgan fingerprint density at radius 1 is 1.28 bits per heavy atom. The summed E-state index contributed by atoms with van der Waals surface area (Å²) in [6.45, 7) is 8.73.